The summed E-state index contributed by atoms with van der Waals surface area (Å²) in [6.45, 7) is 1.42. The Morgan fingerprint density at radius 2 is 1.83 bits per heavy atom. The number of carbonyl (C=O) groups is 1. The van der Waals surface area contributed by atoms with Crippen LogP contribution in [0.4, 0.5) is 17.1 Å². The van der Waals surface area contributed by atoms with E-state index in [-0.39, 0.29) is 11.6 Å². The molecule has 0 aliphatic carbocycles. The molecule has 0 radical (unpaired) electrons. The lowest BCUT2D eigenvalue weighted by Gasteiger charge is -2.10. The van der Waals surface area contributed by atoms with Gasteiger partial charge in [0.1, 0.15) is 5.75 Å². The normalized spacial score (nSPS) is 10.7. The lowest BCUT2D eigenvalue weighted by Crippen LogP contribution is -2.06. The SMILES string of the molecule is COc1ccc(N=Cc2ccc(Sc3ccccc3NC(C)=O)c([N+](=O)[O-])c2)cc1. The van der Waals surface area contributed by atoms with Gasteiger partial charge in [0.15, 0.2) is 0 Å². The molecule has 0 aromatic heterocycles. The van der Waals surface area contributed by atoms with Crippen molar-refractivity contribution in [3.8, 4) is 5.75 Å². The second-order valence-electron chi connectivity index (χ2n) is 6.22. The first-order valence-corrected chi connectivity index (χ1v) is 9.79. The van der Waals surface area contributed by atoms with Crippen LogP contribution in [0.3, 0.4) is 0 Å². The van der Waals surface area contributed by atoms with E-state index >= 15 is 0 Å². The minimum absolute atomic E-state index is 0.0312. The first-order chi connectivity index (χ1) is 14.5. The molecule has 0 atom stereocenters. The number of carbonyl (C=O) groups excluding carboxylic acids is 1. The number of rotatable bonds is 7. The van der Waals surface area contributed by atoms with E-state index in [1.165, 1.54) is 24.8 Å². The van der Waals surface area contributed by atoms with E-state index in [1.54, 1.807) is 67.9 Å². The smallest absolute Gasteiger partial charge is 0.283 e. The van der Waals surface area contributed by atoms with Gasteiger partial charge in [-0.3, -0.25) is 19.9 Å². The number of ether oxygens (including phenoxy) is 1. The highest BCUT2D eigenvalue weighted by Crippen LogP contribution is 2.38. The van der Waals surface area contributed by atoms with Crippen LogP contribution in [0.25, 0.3) is 0 Å². The summed E-state index contributed by atoms with van der Waals surface area (Å²) in [5, 5.41) is 14.4. The Bertz CT molecular complexity index is 1100. The van der Waals surface area contributed by atoms with Crippen LogP contribution >= 0.6 is 11.8 Å². The topological polar surface area (TPSA) is 93.8 Å². The number of hydrogen-bond acceptors (Lipinski definition) is 6. The summed E-state index contributed by atoms with van der Waals surface area (Å²) in [7, 11) is 1.59. The molecule has 1 amide bonds. The number of nitrogens with one attached hydrogen (secondary N) is 1. The van der Waals surface area contributed by atoms with Gasteiger partial charge in [-0.05, 0) is 48.0 Å². The molecule has 152 valence electrons. The number of nitrogens with zero attached hydrogens (tertiary/aromatic N) is 2. The molecule has 3 aromatic rings. The largest absolute Gasteiger partial charge is 0.497 e. The predicted molar refractivity (Wildman–Crippen MR) is 118 cm³/mol. The number of benzene rings is 3. The fourth-order valence-electron chi connectivity index (χ4n) is 2.63. The zero-order chi connectivity index (χ0) is 21.5. The van der Waals surface area contributed by atoms with Gasteiger partial charge in [-0.25, -0.2) is 0 Å². The van der Waals surface area contributed by atoms with E-state index in [0.29, 0.717) is 21.8 Å². The Hall–Kier alpha value is -3.65. The number of aliphatic imine (C=N–C) groups is 1. The Morgan fingerprint density at radius 1 is 1.10 bits per heavy atom. The van der Waals surface area contributed by atoms with E-state index in [0.717, 1.165) is 10.6 Å². The van der Waals surface area contributed by atoms with Crippen molar-refractivity contribution < 1.29 is 14.5 Å². The molecule has 0 aliphatic rings. The number of nitro groups is 1. The third kappa shape index (κ3) is 5.45. The molecular formula is C22H19N3O4S. The molecule has 30 heavy (non-hydrogen) atoms. The van der Waals surface area contributed by atoms with Crippen molar-refractivity contribution in [2.75, 3.05) is 12.4 Å². The highest BCUT2D eigenvalue weighted by Gasteiger charge is 2.17. The summed E-state index contributed by atoms with van der Waals surface area (Å²) in [6, 6.07) is 19.3. The third-order valence-electron chi connectivity index (χ3n) is 4.03. The molecule has 0 spiro atoms. The van der Waals surface area contributed by atoms with Gasteiger partial charge in [0.25, 0.3) is 5.69 Å². The van der Waals surface area contributed by atoms with Gasteiger partial charge in [0.05, 0.1) is 28.3 Å². The van der Waals surface area contributed by atoms with Crippen molar-refractivity contribution in [1.82, 2.24) is 0 Å². The van der Waals surface area contributed by atoms with E-state index < -0.39 is 4.92 Å². The molecule has 0 fully saturated rings. The maximum absolute atomic E-state index is 11.6. The minimum Gasteiger partial charge on any atom is -0.497 e. The number of amides is 1. The summed E-state index contributed by atoms with van der Waals surface area (Å²) in [6.07, 6.45) is 1.58. The Balaban J connectivity index is 1.86. The summed E-state index contributed by atoms with van der Waals surface area (Å²) in [5.41, 5.74) is 1.89. The molecule has 0 bridgehead atoms. The maximum atomic E-state index is 11.6. The summed E-state index contributed by atoms with van der Waals surface area (Å²) >= 11 is 1.22. The lowest BCUT2D eigenvalue weighted by molar-refractivity contribution is -0.387. The molecule has 3 aromatic carbocycles. The van der Waals surface area contributed by atoms with Crippen molar-refractivity contribution >= 4 is 40.9 Å². The number of nitro benzene ring substituents is 1. The van der Waals surface area contributed by atoms with Gasteiger partial charge < -0.3 is 10.1 Å². The molecule has 7 nitrogen and oxygen atoms in total. The van der Waals surface area contributed by atoms with Crippen molar-refractivity contribution in [3.63, 3.8) is 0 Å². The van der Waals surface area contributed by atoms with Crippen LogP contribution in [0.15, 0.2) is 81.5 Å². The quantitative estimate of drug-likeness (QED) is 0.310. The molecule has 3 rings (SSSR count). The van der Waals surface area contributed by atoms with Crippen LogP contribution in [-0.4, -0.2) is 24.2 Å². The molecule has 8 heteroatoms. The Labute approximate surface area is 178 Å². The highest BCUT2D eigenvalue weighted by atomic mass is 32.2. The number of anilines is 1. The standard InChI is InChI=1S/C22H19N3O4S/c1-15(26)24-19-5-3-4-6-21(19)30-22-12-7-16(13-20(22)25(27)28)14-23-17-8-10-18(29-2)11-9-17/h3-14H,1-2H3,(H,24,26). The average molecular weight is 421 g/mol. The van der Waals surface area contributed by atoms with Gasteiger partial charge in [0, 0.05) is 24.1 Å². The van der Waals surface area contributed by atoms with E-state index in [9.17, 15) is 14.9 Å². The van der Waals surface area contributed by atoms with E-state index in [2.05, 4.69) is 10.3 Å². The van der Waals surface area contributed by atoms with Crippen LogP contribution in [0.1, 0.15) is 12.5 Å². The van der Waals surface area contributed by atoms with Crippen LogP contribution in [0.2, 0.25) is 0 Å². The minimum atomic E-state index is -0.423. The molecule has 1 N–H and O–H groups in total. The Morgan fingerprint density at radius 3 is 2.50 bits per heavy atom. The van der Waals surface area contributed by atoms with Crippen molar-refractivity contribution in [1.29, 1.82) is 0 Å². The Kier molecular flexibility index (Phi) is 6.82. The highest BCUT2D eigenvalue weighted by molar-refractivity contribution is 7.99. The molecule has 0 heterocycles. The summed E-state index contributed by atoms with van der Waals surface area (Å²) in [4.78, 5) is 28.2. The second-order valence-corrected chi connectivity index (χ2v) is 7.30. The second kappa shape index (κ2) is 9.71. The monoisotopic (exact) mass is 421 g/mol. The first-order valence-electron chi connectivity index (χ1n) is 8.97. The summed E-state index contributed by atoms with van der Waals surface area (Å²) < 4.78 is 5.11. The predicted octanol–water partition coefficient (Wildman–Crippen LogP) is 5.46. The van der Waals surface area contributed by atoms with Crippen LogP contribution < -0.4 is 10.1 Å². The third-order valence-corrected chi connectivity index (χ3v) is 5.17. The zero-order valence-electron chi connectivity index (χ0n) is 16.4. The lowest BCUT2D eigenvalue weighted by atomic mass is 10.2. The first kappa shape index (κ1) is 21.1. The van der Waals surface area contributed by atoms with Gasteiger partial charge in [0.2, 0.25) is 5.91 Å². The fraction of sp³-hybridized carbons (Fsp3) is 0.0909. The van der Waals surface area contributed by atoms with Gasteiger partial charge >= 0.3 is 0 Å². The zero-order valence-corrected chi connectivity index (χ0v) is 17.2. The number of hydrogen-bond donors (Lipinski definition) is 1. The van der Waals surface area contributed by atoms with Crippen molar-refractivity contribution in [2.24, 2.45) is 4.99 Å². The van der Waals surface area contributed by atoms with Crippen molar-refractivity contribution in [2.45, 2.75) is 16.7 Å². The van der Waals surface area contributed by atoms with Gasteiger partial charge in [-0.15, -0.1) is 0 Å². The number of para-hydroxylation sites is 1. The number of methoxy groups -OCH3 is 1. The van der Waals surface area contributed by atoms with Gasteiger partial charge in [-0.2, -0.15) is 0 Å². The summed E-state index contributed by atoms with van der Waals surface area (Å²) in [5.74, 6) is 0.521. The van der Waals surface area contributed by atoms with E-state index in [1.807, 2.05) is 6.07 Å². The van der Waals surface area contributed by atoms with Crippen LogP contribution in [0.5, 0.6) is 5.75 Å². The van der Waals surface area contributed by atoms with Crippen LogP contribution in [-0.2, 0) is 4.79 Å². The van der Waals surface area contributed by atoms with Crippen molar-refractivity contribution in [3.05, 3.63) is 82.4 Å². The van der Waals surface area contributed by atoms with Crippen LogP contribution in [0, 0.1) is 10.1 Å². The average Bonchev–Trinajstić information content (AvgIpc) is 2.74. The molecule has 0 saturated heterocycles. The molecular weight excluding hydrogens is 402 g/mol. The molecule has 0 aliphatic heterocycles. The van der Waals surface area contributed by atoms with E-state index in [4.69, 9.17) is 4.74 Å². The van der Waals surface area contributed by atoms with Gasteiger partial charge in [-0.1, -0.05) is 30.0 Å². The maximum Gasteiger partial charge on any atom is 0.283 e. The fourth-order valence-corrected chi connectivity index (χ4v) is 3.61. The molecule has 0 unspecified atom stereocenters. The molecule has 0 saturated carbocycles.